The van der Waals surface area contributed by atoms with Gasteiger partial charge in [0.2, 0.25) is 23.6 Å². The van der Waals surface area contributed by atoms with Gasteiger partial charge >= 0.3 is 11.9 Å². The maximum Gasteiger partial charge on any atom is 0.303 e. The number of phenols is 1. The predicted octanol–water partition coefficient (Wildman–Crippen LogP) is 0.347. The number of phenolic OH excluding ortho intramolecular Hbond substituents is 1. The molecule has 14 nitrogen and oxygen atoms in total. The summed E-state index contributed by atoms with van der Waals surface area (Å²) in [5.41, 5.74) is 6.06. The standard InChI is InChI=1S/C28H41N5O9S/c1-16(6-12-23(35)36)26(40)32-21(11-13-24(37)38)27(41)33-22(15-18-7-9-19(34)10-8-18)28(42)31-20(25(29)39)5-3-4-14-30-17(2)43/h7-10,16,20-22,34H,3-6,11-15H2,1-2H3,(H2,29,39)(H,30,43)(H,31,42)(H,32,40)(H,33,41)(H,35,36)(H,37,38). The molecule has 0 bridgehead atoms. The fraction of sp³-hybridized carbons (Fsp3) is 0.536. The van der Waals surface area contributed by atoms with Gasteiger partial charge < -0.3 is 42.3 Å². The molecule has 0 aliphatic heterocycles. The maximum atomic E-state index is 13.4. The average Bonchev–Trinajstić information content (AvgIpc) is 2.93. The van der Waals surface area contributed by atoms with Gasteiger partial charge in [-0.3, -0.25) is 28.8 Å². The minimum Gasteiger partial charge on any atom is -0.508 e. The van der Waals surface area contributed by atoms with Crippen LogP contribution in [0.1, 0.15) is 64.4 Å². The average molecular weight is 624 g/mol. The van der Waals surface area contributed by atoms with E-state index in [9.17, 15) is 33.9 Å². The van der Waals surface area contributed by atoms with Gasteiger partial charge in [0.25, 0.3) is 0 Å². The first kappa shape index (κ1) is 36.8. The first-order valence-corrected chi connectivity index (χ1v) is 14.3. The molecule has 4 unspecified atom stereocenters. The van der Waals surface area contributed by atoms with Crippen LogP contribution in [0.15, 0.2) is 24.3 Å². The number of aromatic hydroxyl groups is 1. The highest BCUT2D eigenvalue weighted by atomic mass is 32.1. The third-order valence-electron chi connectivity index (χ3n) is 6.48. The largest absolute Gasteiger partial charge is 0.508 e. The van der Waals surface area contributed by atoms with Crippen LogP contribution < -0.4 is 27.0 Å². The summed E-state index contributed by atoms with van der Waals surface area (Å²) < 4.78 is 0. The SMILES string of the molecule is CC(=S)NCCCCC(NC(=O)C(Cc1ccc(O)cc1)NC(=O)C(CCC(=O)O)NC(=O)C(C)CCC(=O)O)C(N)=O. The number of benzene rings is 1. The van der Waals surface area contributed by atoms with Gasteiger partial charge in [-0.1, -0.05) is 31.3 Å². The van der Waals surface area contributed by atoms with Gasteiger partial charge in [-0.15, -0.1) is 0 Å². The van der Waals surface area contributed by atoms with Crippen LogP contribution in [0.5, 0.6) is 5.75 Å². The van der Waals surface area contributed by atoms with Crippen molar-refractivity contribution in [2.75, 3.05) is 6.54 Å². The Labute approximate surface area is 255 Å². The van der Waals surface area contributed by atoms with Gasteiger partial charge in [0, 0.05) is 31.7 Å². The summed E-state index contributed by atoms with van der Waals surface area (Å²) in [6, 6.07) is 2.18. The van der Waals surface area contributed by atoms with Crippen LogP contribution in [0, 0.1) is 5.92 Å². The second-order valence-electron chi connectivity index (χ2n) is 10.2. The smallest absolute Gasteiger partial charge is 0.303 e. The lowest BCUT2D eigenvalue weighted by Crippen LogP contribution is -2.57. The van der Waals surface area contributed by atoms with E-state index in [1.165, 1.54) is 31.2 Å². The predicted molar refractivity (Wildman–Crippen MR) is 160 cm³/mol. The summed E-state index contributed by atoms with van der Waals surface area (Å²) in [6.45, 7) is 3.79. The van der Waals surface area contributed by atoms with Crippen LogP contribution in [-0.4, -0.2) is 80.5 Å². The second-order valence-corrected chi connectivity index (χ2v) is 10.8. The Balaban J connectivity index is 3.11. The number of carbonyl (C=O) groups is 6. The van der Waals surface area contributed by atoms with Gasteiger partial charge in [0.05, 0.1) is 4.99 Å². The number of carboxylic acids is 2. The number of thiocarbonyl (C=S) groups is 1. The molecule has 9 N–H and O–H groups in total. The topological polar surface area (TPSA) is 237 Å². The van der Waals surface area contributed by atoms with Crippen molar-refractivity contribution in [2.45, 2.75) is 83.3 Å². The van der Waals surface area contributed by atoms with E-state index >= 15 is 0 Å². The lowest BCUT2D eigenvalue weighted by atomic mass is 10.0. The van der Waals surface area contributed by atoms with Crippen LogP contribution in [0.3, 0.4) is 0 Å². The van der Waals surface area contributed by atoms with E-state index in [1.807, 2.05) is 0 Å². The number of primary amides is 1. The number of carbonyl (C=O) groups excluding carboxylic acids is 4. The molecule has 43 heavy (non-hydrogen) atoms. The Morgan fingerprint density at radius 1 is 0.791 bits per heavy atom. The van der Waals surface area contributed by atoms with Crippen molar-refractivity contribution >= 4 is 52.8 Å². The summed E-state index contributed by atoms with van der Waals surface area (Å²) in [6.07, 6.45) is 0.276. The molecule has 0 aliphatic rings. The molecule has 0 fully saturated rings. The van der Waals surface area contributed by atoms with E-state index in [0.717, 1.165) is 0 Å². The minimum absolute atomic E-state index is 0.00396. The van der Waals surface area contributed by atoms with Crippen molar-refractivity contribution in [3.05, 3.63) is 29.8 Å². The lowest BCUT2D eigenvalue weighted by molar-refractivity contribution is -0.140. The fourth-order valence-electron chi connectivity index (χ4n) is 3.97. The summed E-state index contributed by atoms with van der Waals surface area (Å²) in [5, 5.41) is 38.2. The van der Waals surface area contributed by atoms with Gasteiger partial charge in [-0.25, -0.2) is 0 Å². The van der Waals surface area contributed by atoms with Crippen molar-refractivity contribution in [2.24, 2.45) is 11.7 Å². The Morgan fingerprint density at radius 3 is 1.88 bits per heavy atom. The monoisotopic (exact) mass is 623 g/mol. The Morgan fingerprint density at radius 2 is 1.33 bits per heavy atom. The van der Waals surface area contributed by atoms with Crippen LogP contribution in [-0.2, 0) is 35.2 Å². The Bertz CT molecular complexity index is 1150. The van der Waals surface area contributed by atoms with E-state index in [1.54, 1.807) is 6.92 Å². The third kappa shape index (κ3) is 15.5. The number of carboxylic acid groups (broad SMARTS) is 2. The zero-order valence-electron chi connectivity index (χ0n) is 24.3. The normalized spacial score (nSPS) is 13.4. The number of amides is 4. The molecule has 1 rings (SSSR count). The molecule has 0 saturated carbocycles. The van der Waals surface area contributed by atoms with E-state index in [-0.39, 0.29) is 37.9 Å². The summed E-state index contributed by atoms with van der Waals surface area (Å²) >= 11 is 4.96. The highest BCUT2D eigenvalue weighted by Gasteiger charge is 2.30. The van der Waals surface area contributed by atoms with Crippen LogP contribution in [0.2, 0.25) is 0 Å². The second kappa shape index (κ2) is 19.0. The fourth-order valence-corrected chi connectivity index (χ4v) is 4.07. The highest BCUT2D eigenvalue weighted by Crippen LogP contribution is 2.13. The van der Waals surface area contributed by atoms with E-state index in [2.05, 4.69) is 21.3 Å². The Hall–Kier alpha value is -4.27. The number of hydrogen-bond acceptors (Lipinski definition) is 8. The van der Waals surface area contributed by atoms with Gasteiger partial charge in [-0.05, 0) is 56.7 Å². The van der Waals surface area contributed by atoms with Crippen LogP contribution in [0.4, 0.5) is 0 Å². The van der Waals surface area contributed by atoms with Crippen molar-refractivity contribution in [3.8, 4) is 5.75 Å². The van der Waals surface area contributed by atoms with Crippen LogP contribution >= 0.6 is 12.2 Å². The molecule has 4 amide bonds. The molecule has 4 atom stereocenters. The number of nitrogens with two attached hydrogens (primary N) is 1. The molecular weight excluding hydrogens is 582 g/mol. The molecule has 0 saturated heterocycles. The van der Waals surface area contributed by atoms with E-state index in [4.69, 9.17) is 28.2 Å². The summed E-state index contributed by atoms with van der Waals surface area (Å²) in [5.74, 6) is -6.14. The third-order valence-corrected chi connectivity index (χ3v) is 6.63. The van der Waals surface area contributed by atoms with Gasteiger partial charge in [0.15, 0.2) is 0 Å². The summed E-state index contributed by atoms with van der Waals surface area (Å²) in [7, 11) is 0. The number of hydrogen-bond donors (Lipinski definition) is 8. The lowest BCUT2D eigenvalue weighted by Gasteiger charge is -2.25. The Kier molecular flexibility index (Phi) is 16.3. The van der Waals surface area contributed by atoms with Gasteiger partial charge in [-0.2, -0.15) is 0 Å². The maximum absolute atomic E-state index is 13.4. The number of rotatable bonds is 20. The van der Waals surface area contributed by atoms with Crippen molar-refractivity contribution in [1.82, 2.24) is 21.3 Å². The molecule has 0 aromatic heterocycles. The minimum atomic E-state index is -1.35. The van der Waals surface area contributed by atoms with Crippen molar-refractivity contribution in [1.29, 1.82) is 0 Å². The molecule has 238 valence electrons. The molecule has 15 heteroatoms. The number of unbranched alkanes of at least 4 members (excludes halogenated alkanes) is 1. The number of aliphatic carboxylic acids is 2. The van der Waals surface area contributed by atoms with Crippen molar-refractivity contribution < 1.29 is 44.1 Å². The zero-order valence-corrected chi connectivity index (χ0v) is 25.1. The molecule has 0 radical (unpaired) electrons. The molecule has 0 heterocycles. The van der Waals surface area contributed by atoms with Crippen molar-refractivity contribution in [3.63, 3.8) is 0 Å². The zero-order chi connectivity index (χ0) is 32.5. The first-order chi connectivity index (χ1) is 20.2. The van der Waals surface area contributed by atoms with Gasteiger partial charge in [0.1, 0.15) is 23.9 Å². The summed E-state index contributed by atoms with van der Waals surface area (Å²) in [4.78, 5) is 74.2. The number of nitrogens with one attached hydrogen (secondary N) is 4. The quantitative estimate of drug-likeness (QED) is 0.0728. The molecule has 0 aliphatic carbocycles. The highest BCUT2D eigenvalue weighted by molar-refractivity contribution is 7.80. The molecular formula is C28H41N5O9S. The van der Waals surface area contributed by atoms with E-state index in [0.29, 0.717) is 29.9 Å². The molecule has 1 aromatic carbocycles. The van der Waals surface area contributed by atoms with E-state index < -0.39 is 66.0 Å². The molecule has 0 spiro atoms. The molecule has 1 aromatic rings. The van der Waals surface area contributed by atoms with Crippen LogP contribution in [0.25, 0.3) is 0 Å². The first-order valence-electron chi connectivity index (χ1n) is 13.9.